The summed E-state index contributed by atoms with van der Waals surface area (Å²) in [6, 6.07) is 2.07. The van der Waals surface area contributed by atoms with E-state index in [1.54, 1.807) is 6.20 Å². The van der Waals surface area contributed by atoms with Gasteiger partial charge < -0.3 is 13.5 Å². The number of aromatic nitrogens is 2. The molecule has 74 valence electrons. The zero-order valence-electron chi connectivity index (χ0n) is 7.11. The van der Waals surface area contributed by atoms with Crippen LogP contribution in [0.1, 0.15) is 0 Å². The molecule has 0 aliphatic heterocycles. The van der Waals surface area contributed by atoms with Crippen LogP contribution in [0.15, 0.2) is 18.5 Å². The molecule has 14 heavy (non-hydrogen) atoms. The molecule has 0 bridgehead atoms. The predicted octanol–water partition coefficient (Wildman–Crippen LogP) is 2.01. The first kappa shape index (κ1) is 15.4. The molecule has 0 spiro atoms. The molecule has 1 atom stereocenters. The fourth-order valence-corrected chi connectivity index (χ4v) is 2.90. The number of fused-ring (bicyclic) bond motifs is 1. The van der Waals surface area contributed by atoms with Crippen molar-refractivity contribution in [1.29, 1.82) is 0 Å². The average Bonchev–Trinajstić information content (AvgIpc) is 2.41. The number of hydrogen-bond acceptors (Lipinski definition) is 2. The number of nitrogens with zero attached hydrogens (tertiary/aromatic N) is 2. The van der Waals surface area contributed by atoms with Gasteiger partial charge in [0.1, 0.15) is 0 Å². The summed E-state index contributed by atoms with van der Waals surface area (Å²) in [5, 5.41) is 1.89. The average molecular weight is 549 g/mol. The van der Waals surface area contributed by atoms with E-state index in [2.05, 4.69) is 42.2 Å². The maximum atomic E-state index is 5.93. The minimum absolute atomic E-state index is 0. The molecule has 0 aliphatic rings. The maximum Gasteiger partial charge on any atom is -0.153 e. The van der Waals surface area contributed by atoms with Gasteiger partial charge in [-0.1, -0.05) is 0 Å². The third kappa shape index (κ3) is 2.75. The minimum Gasteiger partial charge on any atom is -0.813 e. The molecule has 2 rings (SSSR count). The molecule has 0 amide bonds. The molecule has 2 aromatic heterocycles. The van der Waals surface area contributed by atoms with Crippen molar-refractivity contribution in [3.63, 3.8) is 0 Å². The Morgan fingerprint density at radius 3 is 2.79 bits per heavy atom. The molecular formula is C7H7ClIN2PSTl-. The van der Waals surface area contributed by atoms with E-state index in [1.165, 1.54) is 0 Å². The zero-order valence-corrected chi connectivity index (χ0v) is 16.8. The SMILES string of the molecule is Clc1cnc2c(cc[n]2[Tl])c1I.P.[SH-]. The van der Waals surface area contributed by atoms with Gasteiger partial charge in [-0.15, -0.1) is 0 Å². The Kier molecular flexibility index (Phi) is 6.85. The summed E-state index contributed by atoms with van der Waals surface area (Å²) in [6.07, 6.45) is 3.77. The monoisotopic (exact) mass is 549 g/mol. The van der Waals surface area contributed by atoms with Crippen LogP contribution in [0.4, 0.5) is 0 Å². The van der Waals surface area contributed by atoms with E-state index in [1.807, 2.05) is 0 Å². The minimum atomic E-state index is 0. The Balaban J connectivity index is 0.000000845. The largest absolute Gasteiger partial charge is 0.813 e. The molecule has 1 unspecified atom stereocenters. The van der Waals surface area contributed by atoms with Crippen LogP contribution >= 0.6 is 44.1 Å². The van der Waals surface area contributed by atoms with Crippen molar-refractivity contribution in [2.24, 2.45) is 0 Å². The van der Waals surface area contributed by atoms with E-state index in [0.29, 0.717) is 0 Å². The summed E-state index contributed by atoms with van der Waals surface area (Å²) in [5.74, 6) is 0. The molecule has 2 aromatic rings. The van der Waals surface area contributed by atoms with Gasteiger partial charge in [-0.05, 0) is 0 Å². The van der Waals surface area contributed by atoms with Gasteiger partial charge in [0.05, 0.1) is 0 Å². The fourth-order valence-electron chi connectivity index (χ4n) is 1.05. The summed E-state index contributed by atoms with van der Waals surface area (Å²) in [6.45, 7) is 0. The summed E-state index contributed by atoms with van der Waals surface area (Å²) < 4.78 is 3.24. The summed E-state index contributed by atoms with van der Waals surface area (Å²) in [4.78, 5) is 4.27. The Hall–Kier alpha value is 1.41. The second kappa shape index (κ2) is 6.22. The van der Waals surface area contributed by atoms with Gasteiger partial charge in [-0.3, -0.25) is 0 Å². The molecular weight excluding hydrogens is 542 g/mol. The van der Waals surface area contributed by atoms with E-state index in [-0.39, 0.29) is 23.4 Å². The second-order valence-electron chi connectivity index (χ2n) is 2.38. The molecule has 0 aromatic carbocycles. The normalized spacial score (nSPS) is 9.21. The standard InChI is InChI=1S/C7H3ClIN2.H3P.H2S.Tl/c8-5-3-11-7-4(6(5)9)1-2-10-7;;;/h1-3H;1H3;1H2;/q-1;;;+1/p-1. The molecule has 0 N–H and O–H groups in total. The van der Waals surface area contributed by atoms with Crippen LogP contribution in [0, 0.1) is 3.57 Å². The Bertz CT molecular complexity index is 450. The van der Waals surface area contributed by atoms with E-state index in [0.717, 1.165) is 45.7 Å². The molecule has 0 saturated carbocycles. The van der Waals surface area contributed by atoms with Gasteiger partial charge in [0.25, 0.3) is 0 Å². The molecule has 2 heterocycles. The van der Waals surface area contributed by atoms with Gasteiger partial charge in [-0.2, -0.15) is 9.90 Å². The molecule has 0 radical (unpaired) electrons. The second-order valence-corrected chi connectivity index (χ2v) is 6.03. The van der Waals surface area contributed by atoms with Gasteiger partial charge in [0.15, 0.2) is 0 Å². The quantitative estimate of drug-likeness (QED) is 0.165. The molecule has 7 heteroatoms. The van der Waals surface area contributed by atoms with Crippen molar-refractivity contribution in [1.82, 2.24) is 7.36 Å². The number of thiol groups is 1. The zero-order chi connectivity index (χ0) is 8.72. The number of hydrogen-bond donors (Lipinski definition) is 0. The molecule has 0 fully saturated rings. The van der Waals surface area contributed by atoms with Crippen molar-refractivity contribution >= 4 is 94.7 Å². The Morgan fingerprint density at radius 2 is 2.14 bits per heavy atom. The van der Waals surface area contributed by atoms with Crippen LogP contribution in [0.2, 0.25) is 5.02 Å². The van der Waals surface area contributed by atoms with Gasteiger partial charge in [0.2, 0.25) is 0 Å². The van der Waals surface area contributed by atoms with Gasteiger partial charge in [-0.25, -0.2) is 0 Å². The number of halogens is 2. The van der Waals surface area contributed by atoms with Crippen molar-refractivity contribution in [2.45, 2.75) is 0 Å². The number of pyridine rings is 1. The van der Waals surface area contributed by atoms with Gasteiger partial charge >= 0.3 is 106 Å². The molecule has 2 nitrogen and oxygen atoms in total. The maximum absolute atomic E-state index is 5.93. The van der Waals surface area contributed by atoms with Crippen LogP contribution in [-0.2, 0) is 13.5 Å². The third-order valence-electron chi connectivity index (χ3n) is 1.63. The fraction of sp³-hybridized carbons (Fsp3) is 0. The van der Waals surface area contributed by atoms with E-state index >= 15 is 0 Å². The summed E-state index contributed by atoms with van der Waals surface area (Å²) in [5.41, 5.74) is 1.05. The van der Waals surface area contributed by atoms with Crippen LogP contribution in [0.5, 0.6) is 0 Å². The molecule has 0 saturated heterocycles. The van der Waals surface area contributed by atoms with Crippen molar-refractivity contribution < 1.29 is 0 Å². The van der Waals surface area contributed by atoms with Crippen molar-refractivity contribution in [2.75, 3.05) is 0 Å². The predicted molar refractivity (Wildman–Crippen MR) is 78.5 cm³/mol. The smallest absolute Gasteiger partial charge is 0.153 e. The van der Waals surface area contributed by atoms with Crippen molar-refractivity contribution in [3.8, 4) is 0 Å². The van der Waals surface area contributed by atoms with Crippen LogP contribution in [0.3, 0.4) is 0 Å². The first-order valence-corrected chi connectivity index (χ1v) is 6.72. The Labute approximate surface area is 127 Å². The van der Waals surface area contributed by atoms with E-state index in [4.69, 9.17) is 11.6 Å². The van der Waals surface area contributed by atoms with Crippen molar-refractivity contribution in [3.05, 3.63) is 27.1 Å². The van der Waals surface area contributed by atoms with Gasteiger partial charge in [0, 0.05) is 0 Å². The topological polar surface area (TPSA) is 17.8 Å². The van der Waals surface area contributed by atoms with E-state index in [9.17, 15) is 0 Å². The summed E-state index contributed by atoms with van der Waals surface area (Å²) in [7, 11) is 0. The molecule has 0 aliphatic carbocycles. The van der Waals surface area contributed by atoms with Crippen LogP contribution < -0.4 is 0 Å². The van der Waals surface area contributed by atoms with E-state index < -0.39 is 0 Å². The van der Waals surface area contributed by atoms with Crippen LogP contribution in [0.25, 0.3) is 11.0 Å². The first-order chi connectivity index (χ1) is 5.70. The third-order valence-corrected chi connectivity index (χ3v) is 5.02. The first-order valence-electron chi connectivity index (χ1n) is 3.26. The number of rotatable bonds is 0. The summed E-state index contributed by atoms with van der Waals surface area (Å²) >= 11 is 8.94. The van der Waals surface area contributed by atoms with Crippen LogP contribution in [-0.4, -0.2) is 33.4 Å². The Morgan fingerprint density at radius 1 is 1.50 bits per heavy atom.